The summed E-state index contributed by atoms with van der Waals surface area (Å²) in [5, 5.41) is 9.04. The monoisotopic (exact) mass is 353 g/mol. The van der Waals surface area contributed by atoms with Crippen LogP contribution in [0.15, 0.2) is 41.6 Å². The van der Waals surface area contributed by atoms with E-state index in [1.54, 1.807) is 0 Å². The van der Waals surface area contributed by atoms with E-state index in [4.69, 9.17) is 4.84 Å². The molecule has 26 heavy (non-hydrogen) atoms. The highest BCUT2D eigenvalue weighted by atomic mass is 16.6. The van der Waals surface area contributed by atoms with E-state index >= 15 is 0 Å². The van der Waals surface area contributed by atoms with E-state index in [0.717, 1.165) is 34.2 Å². The number of oxime groups is 1. The minimum absolute atomic E-state index is 0.277. The lowest BCUT2D eigenvalue weighted by Gasteiger charge is -2.10. The Morgan fingerprint density at radius 3 is 2.35 bits per heavy atom. The second-order valence-electron chi connectivity index (χ2n) is 6.13. The minimum atomic E-state index is -0.424. The van der Waals surface area contributed by atoms with Gasteiger partial charge in [0.25, 0.3) is 11.8 Å². The van der Waals surface area contributed by atoms with Crippen molar-refractivity contribution in [2.24, 2.45) is 5.16 Å². The van der Waals surface area contributed by atoms with Crippen LogP contribution in [0.4, 0.5) is 11.4 Å². The summed E-state index contributed by atoms with van der Waals surface area (Å²) >= 11 is 0. The quantitative estimate of drug-likeness (QED) is 0.616. The number of hydrogen-bond donors (Lipinski definition) is 2. The molecule has 0 aliphatic heterocycles. The van der Waals surface area contributed by atoms with E-state index in [1.807, 2.05) is 64.1 Å². The summed E-state index contributed by atoms with van der Waals surface area (Å²) < 4.78 is 0. The van der Waals surface area contributed by atoms with Crippen molar-refractivity contribution in [1.29, 1.82) is 0 Å². The smallest absolute Gasteiger partial charge is 0.270 e. The molecule has 0 spiro atoms. The fraction of sp³-hybridized carbons (Fsp3) is 0.250. The van der Waals surface area contributed by atoms with Crippen molar-refractivity contribution >= 4 is 29.4 Å². The maximum Gasteiger partial charge on any atom is 0.270 e. The number of carbonyl (C=O) groups is 2. The van der Waals surface area contributed by atoms with Crippen LogP contribution in [-0.2, 0) is 14.4 Å². The number of para-hydroxylation sites is 1. The summed E-state index contributed by atoms with van der Waals surface area (Å²) in [7, 11) is 0. The van der Waals surface area contributed by atoms with Crippen LogP contribution in [0.5, 0.6) is 0 Å². The van der Waals surface area contributed by atoms with Crippen molar-refractivity contribution < 1.29 is 14.4 Å². The Morgan fingerprint density at radius 1 is 1.00 bits per heavy atom. The van der Waals surface area contributed by atoms with Crippen LogP contribution in [0, 0.1) is 27.7 Å². The zero-order chi connectivity index (χ0) is 19.1. The van der Waals surface area contributed by atoms with Crippen molar-refractivity contribution in [3.63, 3.8) is 0 Å². The highest BCUT2D eigenvalue weighted by Gasteiger charge is 2.08. The average molecular weight is 353 g/mol. The van der Waals surface area contributed by atoms with E-state index in [0.29, 0.717) is 5.69 Å². The summed E-state index contributed by atoms with van der Waals surface area (Å²) in [4.78, 5) is 28.7. The number of benzene rings is 2. The molecule has 6 heteroatoms. The third kappa shape index (κ3) is 5.44. The number of rotatable bonds is 6. The number of hydrogen-bond acceptors (Lipinski definition) is 4. The average Bonchev–Trinajstić information content (AvgIpc) is 2.58. The highest BCUT2D eigenvalue weighted by Crippen LogP contribution is 2.19. The normalized spacial score (nSPS) is 10.6. The third-order valence-electron chi connectivity index (χ3n) is 3.83. The molecule has 0 heterocycles. The molecule has 0 atom stereocenters. The van der Waals surface area contributed by atoms with Gasteiger partial charge in [0.1, 0.15) is 6.21 Å². The van der Waals surface area contributed by atoms with E-state index < -0.39 is 5.91 Å². The Morgan fingerprint density at radius 2 is 1.69 bits per heavy atom. The lowest BCUT2D eigenvalue weighted by molar-refractivity contribution is -0.120. The van der Waals surface area contributed by atoms with Crippen molar-refractivity contribution in [3.05, 3.63) is 58.7 Å². The summed E-state index contributed by atoms with van der Waals surface area (Å²) in [6.07, 6.45) is 1.01. The Kier molecular flexibility index (Phi) is 6.49. The molecule has 2 aromatic carbocycles. The predicted octanol–water partition coefficient (Wildman–Crippen LogP) is 3.50. The molecule has 0 saturated carbocycles. The van der Waals surface area contributed by atoms with Gasteiger partial charge in [-0.25, -0.2) is 0 Å². The maximum absolute atomic E-state index is 11.9. The first-order valence-electron chi connectivity index (χ1n) is 8.26. The first kappa shape index (κ1) is 19.2. The zero-order valence-electron chi connectivity index (χ0n) is 15.4. The summed E-state index contributed by atoms with van der Waals surface area (Å²) in [5.74, 6) is -0.763. The Hall–Kier alpha value is -3.15. The minimum Gasteiger partial charge on any atom is -0.385 e. The molecule has 0 aliphatic rings. The van der Waals surface area contributed by atoms with Gasteiger partial charge >= 0.3 is 0 Å². The number of aryl methyl sites for hydroxylation is 4. The van der Waals surface area contributed by atoms with Crippen LogP contribution in [-0.4, -0.2) is 24.6 Å². The molecule has 6 nitrogen and oxygen atoms in total. The number of amides is 2. The molecule has 0 radical (unpaired) electrons. The van der Waals surface area contributed by atoms with Gasteiger partial charge in [-0.05, 0) is 50.5 Å². The molecule has 0 fully saturated rings. The molecule has 2 rings (SSSR count). The van der Waals surface area contributed by atoms with Gasteiger partial charge in [-0.2, -0.15) is 0 Å². The summed E-state index contributed by atoms with van der Waals surface area (Å²) in [5.41, 5.74) is 5.48. The Bertz CT molecular complexity index is 824. The van der Waals surface area contributed by atoms with E-state index in [2.05, 4.69) is 15.8 Å². The molecule has 0 saturated heterocycles. The van der Waals surface area contributed by atoms with Gasteiger partial charge in [0.15, 0.2) is 6.61 Å². The Balaban J connectivity index is 1.81. The molecule has 0 unspecified atom stereocenters. The molecular weight excluding hydrogens is 330 g/mol. The van der Waals surface area contributed by atoms with Gasteiger partial charge < -0.3 is 15.5 Å². The van der Waals surface area contributed by atoms with Crippen LogP contribution in [0.25, 0.3) is 0 Å². The van der Waals surface area contributed by atoms with Crippen LogP contribution in [0.1, 0.15) is 22.3 Å². The molecule has 0 bridgehead atoms. The van der Waals surface area contributed by atoms with Crippen LogP contribution in [0.3, 0.4) is 0 Å². The largest absolute Gasteiger partial charge is 0.385 e. The Labute approximate surface area is 153 Å². The van der Waals surface area contributed by atoms with Gasteiger partial charge in [-0.15, -0.1) is 0 Å². The van der Waals surface area contributed by atoms with Crippen molar-refractivity contribution in [3.8, 4) is 0 Å². The van der Waals surface area contributed by atoms with Crippen LogP contribution < -0.4 is 10.6 Å². The number of anilines is 2. The fourth-order valence-electron chi connectivity index (χ4n) is 2.49. The molecule has 2 aromatic rings. The molecular formula is C20H23N3O3. The van der Waals surface area contributed by atoms with Gasteiger partial charge in [-0.1, -0.05) is 41.1 Å². The SMILES string of the molecule is Cc1ccc(NC(=O)/C=N\OCC(=O)Nc2c(C)cccc2C)c(C)c1. The van der Waals surface area contributed by atoms with Crippen molar-refractivity contribution in [2.75, 3.05) is 17.2 Å². The maximum atomic E-state index is 11.9. The number of carbonyl (C=O) groups excluding carboxylic acids is 2. The number of nitrogens with zero attached hydrogens (tertiary/aromatic N) is 1. The highest BCUT2D eigenvalue weighted by molar-refractivity contribution is 6.31. The molecule has 2 N–H and O–H groups in total. The lowest BCUT2D eigenvalue weighted by Crippen LogP contribution is -2.19. The van der Waals surface area contributed by atoms with Gasteiger partial charge in [0.2, 0.25) is 0 Å². The van der Waals surface area contributed by atoms with Crippen LogP contribution >= 0.6 is 0 Å². The van der Waals surface area contributed by atoms with Gasteiger partial charge in [-0.3, -0.25) is 9.59 Å². The van der Waals surface area contributed by atoms with Gasteiger partial charge in [0.05, 0.1) is 0 Å². The van der Waals surface area contributed by atoms with E-state index in [9.17, 15) is 9.59 Å². The van der Waals surface area contributed by atoms with Crippen LogP contribution in [0.2, 0.25) is 0 Å². The van der Waals surface area contributed by atoms with Gasteiger partial charge in [0, 0.05) is 11.4 Å². The summed E-state index contributed by atoms with van der Waals surface area (Å²) in [6.45, 7) is 7.45. The molecule has 136 valence electrons. The predicted molar refractivity (Wildman–Crippen MR) is 104 cm³/mol. The fourth-order valence-corrected chi connectivity index (χ4v) is 2.49. The summed E-state index contributed by atoms with van der Waals surface area (Å²) in [6, 6.07) is 11.5. The first-order chi connectivity index (χ1) is 12.4. The number of nitrogens with one attached hydrogen (secondary N) is 2. The molecule has 2 amide bonds. The second-order valence-corrected chi connectivity index (χ2v) is 6.13. The second kappa shape index (κ2) is 8.80. The molecule has 0 aromatic heterocycles. The third-order valence-corrected chi connectivity index (χ3v) is 3.83. The topological polar surface area (TPSA) is 79.8 Å². The lowest BCUT2D eigenvalue weighted by atomic mass is 10.1. The molecule has 0 aliphatic carbocycles. The van der Waals surface area contributed by atoms with E-state index in [-0.39, 0.29) is 12.5 Å². The first-order valence-corrected chi connectivity index (χ1v) is 8.26. The van der Waals surface area contributed by atoms with Crippen molar-refractivity contribution in [2.45, 2.75) is 27.7 Å². The zero-order valence-corrected chi connectivity index (χ0v) is 15.4. The van der Waals surface area contributed by atoms with E-state index in [1.165, 1.54) is 0 Å². The standard InChI is InChI=1S/C20H23N3O3/c1-13-8-9-17(16(4)10-13)22-18(24)11-21-26-12-19(25)23-20-14(2)6-5-7-15(20)3/h5-11H,12H2,1-4H3,(H,22,24)(H,23,25)/b21-11-. The van der Waals surface area contributed by atoms with Crippen molar-refractivity contribution in [1.82, 2.24) is 0 Å².